The number of benzene rings is 1. The number of carboxylic acids is 6. The van der Waals surface area contributed by atoms with Crippen molar-refractivity contribution in [2.45, 2.75) is 120 Å². The Kier molecular flexibility index (Phi) is 17.3. The minimum atomic E-state index is -2.74. The summed E-state index contributed by atoms with van der Waals surface area (Å²) in [7, 11) is 0. The number of aliphatic carboxylic acids is 6. The molecule has 2 aromatic rings. The van der Waals surface area contributed by atoms with Crippen LogP contribution >= 0.6 is 11.6 Å². The van der Waals surface area contributed by atoms with Crippen LogP contribution < -0.4 is 10.6 Å². The van der Waals surface area contributed by atoms with Gasteiger partial charge in [-0.2, -0.15) is 0 Å². The van der Waals surface area contributed by atoms with Gasteiger partial charge < -0.3 is 56.2 Å². The summed E-state index contributed by atoms with van der Waals surface area (Å²) in [6.45, 7) is 8.27. The average molecular weight is 870 g/mol. The third-order valence-corrected chi connectivity index (χ3v) is 10.4. The maximum Gasteiger partial charge on any atom is 0.336 e. The number of rotatable bonds is 16. The lowest BCUT2D eigenvalue weighted by Gasteiger charge is -2.51. The number of allylic oxidation sites excluding steroid dienone is 1. The van der Waals surface area contributed by atoms with E-state index in [9.17, 15) is 28.8 Å². The van der Waals surface area contributed by atoms with Crippen molar-refractivity contribution < 1.29 is 84.1 Å². The predicted octanol–water partition coefficient (Wildman–Crippen LogP) is 3.51. The number of nitrogens with one attached hydrogen (secondary N) is 2. The Morgan fingerprint density at radius 1 is 0.833 bits per heavy atom. The highest BCUT2D eigenvalue weighted by Crippen LogP contribution is 2.46. The van der Waals surface area contributed by atoms with Crippen LogP contribution in [0.4, 0.5) is 5.69 Å². The molecule has 332 valence electrons. The van der Waals surface area contributed by atoms with Gasteiger partial charge in [-0.05, 0) is 56.7 Å². The van der Waals surface area contributed by atoms with Gasteiger partial charge in [-0.1, -0.05) is 43.2 Å². The molecule has 0 unspecified atom stereocenters. The molecule has 1 saturated carbocycles. The van der Waals surface area contributed by atoms with Crippen LogP contribution in [0.15, 0.2) is 42.1 Å². The van der Waals surface area contributed by atoms with Crippen molar-refractivity contribution in [1.29, 1.82) is 0 Å². The van der Waals surface area contributed by atoms with Crippen molar-refractivity contribution in [2.24, 2.45) is 5.92 Å². The van der Waals surface area contributed by atoms with E-state index >= 15 is 0 Å². The zero-order valence-corrected chi connectivity index (χ0v) is 34.0. The fourth-order valence-corrected chi connectivity index (χ4v) is 7.02. The molecule has 1 spiro atoms. The molecule has 2 aliphatic carbocycles. The number of carbonyl (C=O) groups is 6. The molecule has 0 bridgehead atoms. The van der Waals surface area contributed by atoms with Gasteiger partial charge in [0.1, 0.15) is 11.7 Å². The Bertz CT molecular complexity index is 1830. The minimum absolute atomic E-state index is 0.0396. The van der Waals surface area contributed by atoms with E-state index in [1.807, 2.05) is 30.5 Å². The van der Waals surface area contributed by atoms with Crippen molar-refractivity contribution in [1.82, 2.24) is 10.3 Å². The summed E-state index contributed by atoms with van der Waals surface area (Å²) >= 11 is 6.28. The van der Waals surface area contributed by atoms with E-state index in [-0.39, 0.29) is 11.7 Å². The van der Waals surface area contributed by atoms with Gasteiger partial charge in [-0.15, -0.1) is 0 Å². The summed E-state index contributed by atoms with van der Waals surface area (Å²) in [5.41, 5.74) is -2.48. The van der Waals surface area contributed by atoms with Crippen LogP contribution in [0.5, 0.6) is 0 Å². The molecule has 5 rings (SSSR count). The second-order valence-electron chi connectivity index (χ2n) is 15.5. The van der Waals surface area contributed by atoms with Crippen molar-refractivity contribution in [3.8, 4) is 0 Å². The highest BCUT2D eigenvalue weighted by Gasteiger charge is 2.52. The minimum Gasteiger partial charge on any atom is -0.481 e. The zero-order valence-electron chi connectivity index (χ0n) is 33.3. The van der Waals surface area contributed by atoms with E-state index in [0.717, 1.165) is 68.2 Å². The molecule has 2 heterocycles. The lowest BCUT2D eigenvalue weighted by Crippen LogP contribution is -2.59. The van der Waals surface area contributed by atoms with Gasteiger partial charge in [-0.25, -0.2) is 19.4 Å². The first-order valence-corrected chi connectivity index (χ1v) is 19.3. The fraction of sp³-hybridized carbons (Fsp3) is 0.564. The summed E-state index contributed by atoms with van der Waals surface area (Å²) in [5.74, 6) is -10.1. The second kappa shape index (κ2) is 21.0. The van der Waals surface area contributed by atoms with Crippen LogP contribution in [0.25, 0.3) is 10.9 Å². The summed E-state index contributed by atoms with van der Waals surface area (Å²) in [6.07, 6.45) is 5.13. The van der Waals surface area contributed by atoms with Crippen LogP contribution in [-0.2, 0) is 43.3 Å². The van der Waals surface area contributed by atoms with Crippen LogP contribution in [-0.4, -0.2) is 129 Å². The molecular formula is C39H52ClN3O17. The molecule has 3 aliphatic rings. The first kappa shape index (κ1) is 49.4. The topological polar surface area (TPSA) is 329 Å². The highest BCUT2D eigenvalue weighted by molar-refractivity contribution is 6.31. The summed E-state index contributed by atoms with van der Waals surface area (Å²) < 4.78 is 6.60. The van der Waals surface area contributed by atoms with Gasteiger partial charge in [0, 0.05) is 48.6 Å². The van der Waals surface area contributed by atoms with Gasteiger partial charge in [0.2, 0.25) is 5.79 Å². The quantitative estimate of drug-likeness (QED) is 0.0655. The van der Waals surface area contributed by atoms with Crippen LogP contribution in [0.3, 0.4) is 0 Å². The molecule has 2 atom stereocenters. The normalized spacial score (nSPS) is 22.6. The predicted molar refractivity (Wildman–Crippen MR) is 210 cm³/mol. The Morgan fingerprint density at radius 3 is 1.85 bits per heavy atom. The molecule has 1 saturated heterocycles. The maximum atomic E-state index is 10.3. The van der Waals surface area contributed by atoms with Crippen molar-refractivity contribution >= 4 is 64.0 Å². The molecular weight excluding hydrogens is 818 g/mol. The molecule has 10 N–H and O–H groups in total. The number of aromatic nitrogens is 1. The summed E-state index contributed by atoms with van der Waals surface area (Å²) in [4.78, 5) is 77.4. The number of hydrogen-bond donors (Lipinski definition) is 10. The molecule has 1 aromatic carbocycles. The SMILES string of the molecule is CC(C)C1=C[C@H]2OC3(CCC(NCCNc4cc(Cl)cc5cccnc45)CC3)OO[C@@]2(C)CC1.O=C(O)CC(O)(CC(=O)O)C(=O)O.O=C(O)CC(O)(CC(=O)O)C(=O)O. The summed E-state index contributed by atoms with van der Waals surface area (Å²) in [5, 5.41) is 76.6. The Balaban J connectivity index is 0.000000306. The van der Waals surface area contributed by atoms with Crippen LogP contribution in [0.2, 0.25) is 5.02 Å². The largest absolute Gasteiger partial charge is 0.481 e. The molecule has 1 aromatic heterocycles. The van der Waals surface area contributed by atoms with Crippen molar-refractivity contribution in [2.75, 3.05) is 18.4 Å². The molecule has 1 aliphatic heterocycles. The van der Waals surface area contributed by atoms with E-state index in [2.05, 4.69) is 42.5 Å². The van der Waals surface area contributed by atoms with Gasteiger partial charge in [0.05, 0.1) is 36.9 Å². The van der Waals surface area contributed by atoms with Gasteiger partial charge in [-0.3, -0.25) is 24.2 Å². The number of anilines is 1. The van der Waals surface area contributed by atoms with Crippen molar-refractivity contribution in [3.05, 3.63) is 47.1 Å². The van der Waals surface area contributed by atoms with Gasteiger partial charge in [0.25, 0.3) is 0 Å². The lowest BCUT2D eigenvalue weighted by molar-refractivity contribution is -0.527. The standard InChI is InChI=1S/C27H36ClN3O3.2C6H8O7/c1-18(2)19-6-9-26(3)24(16-19)32-27(34-33-26)10-7-22(8-11-27)29-13-14-30-23-17-21(28)15-20-5-4-12-31-25(20)23;2*7-3(8)1-6(13,5(11)12)2-4(9)10/h4-5,12,15-18,22,24,29-30H,6-11,13-14H2,1-3H3;2*13H,1-2H2,(H,7,8)(H,9,10)(H,11,12)/t22?,24-,26+,27?;;/m1../s1. The molecule has 0 radical (unpaired) electrons. The highest BCUT2D eigenvalue weighted by atomic mass is 35.5. The Morgan fingerprint density at radius 2 is 1.37 bits per heavy atom. The number of carboxylic acid groups (broad SMARTS) is 6. The Labute approximate surface area is 349 Å². The molecule has 60 heavy (non-hydrogen) atoms. The third-order valence-electron chi connectivity index (χ3n) is 10.2. The second-order valence-corrected chi connectivity index (χ2v) is 15.9. The zero-order chi connectivity index (χ0) is 45.1. The molecule has 20 nitrogen and oxygen atoms in total. The average Bonchev–Trinajstić information content (AvgIpc) is 3.13. The van der Waals surface area contributed by atoms with E-state index < -0.39 is 78.5 Å². The van der Waals surface area contributed by atoms with E-state index in [0.29, 0.717) is 17.0 Å². The number of hydrogen-bond acceptors (Lipinski definition) is 14. The Hall–Kier alpha value is -4.96. The van der Waals surface area contributed by atoms with Crippen molar-refractivity contribution in [3.63, 3.8) is 0 Å². The molecule has 21 heteroatoms. The summed E-state index contributed by atoms with van der Waals surface area (Å²) in [6, 6.07) is 8.29. The number of fused-ring (bicyclic) bond motifs is 2. The first-order chi connectivity index (χ1) is 27.9. The first-order valence-electron chi connectivity index (χ1n) is 19.0. The number of aliphatic hydroxyl groups is 2. The van der Waals surface area contributed by atoms with Gasteiger partial charge in [0.15, 0.2) is 11.2 Å². The fourth-order valence-electron chi connectivity index (χ4n) is 6.79. The molecule has 0 amide bonds. The lowest BCUT2D eigenvalue weighted by atomic mass is 9.80. The monoisotopic (exact) mass is 869 g/mol. The maximum absolute atomic E-state index is 10.3. The van der Waals surface area contributed by atoms with E-state index in [1.165, 1.54) is 5.57 Å². The molecule has 2 fully saturated rings. The number of pyridine rings is 1. The number of ether oxygens (including phenoxy) is 1. The van der Waals surface area contributed by atoms with E-state index in [4.69, 9.17) is 67.0 Å². The van der Waals surface area contributed by atoms with Crippen LogP contribution in [0.1, 0.15) is 85.0 Å². The number of halogens is 1. The third kappa shape index (κ3) is 14.1. The number of nitrogens with zero attached hydrogens (tertiary/aromatic N) is 1. The van der Waals surface area contributed by atoms with Gasteiger partial charge >= 0.3 is 35.8 Å². The van der Waals surface area contributed by atoms with E-state index in [1.54, 1.807) is 0 Å². The smallest absolute Gasteiger partial charge is 0.336 e. The van der Waals surface area contributed by atoms with Crippen LogP contribution in [0, 0.1) is 5.92 Å².